The fourth-order valence-corrected chi connectivity index (χ4v) is 8.20. The van der Waals surface area contributed by atoms with Crippen LogP contribution in [-0.4, -0.2) is 24.1 Å². The van der Waals surface area contributed by atoms with Crippen LogP contribution >= 0.6 is 0 Å². The highest BCUT2D eigenvalue weighted by atomic mass is 19.1. The summed E-state index contributed by atoms with van der Waals surface area (Å²) in [5.41, 5.74) is 10.0. The Bertz CT molecular complexity index is 3200. The third-order valence-corrected chi connectivity index (χ3v) is 10.9. The number of hydrogen-bond donors (Lipinski definition) is 0. The Morgan fingerprint density at radius 1 is 0.316 bits per heavy atom. The third-order valence-electron chi connectivity index (χ3n) is 10.9. The predicted octanol–water partition coefficient (Wildman–Crippen LogP) is 12.9. The number of benzene rings is 8. The van der Waals surface area contributed by atoms with Gasteiger partial charge in [-0.25, -0.2) is 19.3 Å². The van der Waals surface area contributed by atoms with Crippen molar-refractivity contribution in [2.24, 2.45) is 0 Å². The minimum Gasteiger partial charge on any atom is -0.309 e. The van der Waals surface area contributed by atoms with Crippen molar-refractivity contribution in [2.75, 3.05) is 0 Å². The first kappa shape index (κ1) is 32.7. The van der Waals surface area contributed by atoms with Crippen LogP contribution in [0.5, 0.6) is 0 Å². The van der Waals surface area contributed by atoms with Crippen molar-refractivity contribution in [3.05, 3.63) is 200 Å². The number of rotatable bonds is 6. The molecule has 8 aromatic carbocycles. The molecule has 0 aliphatic carbocycles. The first-order valence-corrected chi connectivity index (χ1v) is 19.0. The quantitative estimate of drug-likeness (QED) is 0.171. The molecule has 268 valence electrons. The zero-order valence-corrected chi connectivity index (χ0v) is 30.6. The summed E-state index contributed by atoms with van der Waals surface area (Å²) in [6.45, 7) is 0. The summed E-state index contributed by atoms with van der Waals surface area (Å²) >= 11 is 0. The predicted molar refractivity (Wildman–Crippen MR) is 230 cm³/mol. The van der Waals surface area contributed by atoms with E-state index < -0.39 is 0 Å². The maximum Gasteiger partial charge on any atom is 0.164 e. The minimum absolute atomic E-state index is 0.291. The summed E-state index contributed by atoms with van der Waals surface area (Å²) in [7, 11) is 0. The van der Waals surface area contributed by atoms with E-state index in [2.05, 4.69) is 83.4 Å². The van der Waals surface area contributed by atoms with E-state index in [-0.39, 0.29) is 5.82 Å². The van der Waals surface area contributed by atoms with Crippen LogP contribution in [0.15, 0.2) is 194 Å². The Labute approximate surface area is 327 Å². The standard InChI is InChI=1S/C51H32FN5/c52-43-32-36(29-30-48(43)57-46-23-10-6-19-41(46)42-20-7-11-24-47(42)57)33-25-27-35(28-26-33)50-53-49(34-13-2-1-3-14-34)54-51(55-50)37-15-12-16-38(31-37)56-44-21-8-4-17-39(44)40-18-5-9-22-45(40)56/h1-32H. The molecule has 0 amide bonds. The van der Waals surface area contributed by atoms with Crippen molar-refractivity contribution < 1.29 is 4.39 Å². The fraction of sp³-hybridized carbons (Fsp3) is 0. The molecule has 0 bridgehead atoms. The maximum atomic E-state index is 16.1. The second kappa shape index (κ2) is 13.3. The van der Waals surface area contributed by atoms with Crippen LogP contribution in [0.3, 0.4) is 0 Å². The van der Waals surface area contributed by atoms with Gasteiger partial charge in [0.25, 0.3) is 0 Å². The van der Waals surface area contributed by atoms with Gasteiger partial charge in [0.2, 0.25) is 0 Å². The number of nitrogens with zero attached hydrogens (tertiary/aromatic N) is 5. The van der Waals surface area contributed by atoms with E-state index in [0.29, 0.717) is 23.2 Å². The first-order chi connectivity index (χ1) is 28.2. The first-order valence-electron chi connectivity index (χ1n) is 19.0. The highest BCUT2D eigenvalue weighted by molar-refractivity contribution is 6.10. The lowest BCUT2D eigenvalue weighted by Gasteiger charge is -2.12. The van der Waals surface area contributed by atoms with Crippen LogP contribution in [0.1, 0.15) is 0 Å². The average Bonchev–Trinajstić information content (AvgIpc) is 3.80. The van der Waals surface area contributed by atoms with Gasteiger partial charge < -0.3 is 9.13 Å². The molecule has 0 saturated heterocycles. The van der Waals surface area contributed by atoms with E-state index in [9.17, 15) is 0 Å². The van der Waals surface area contributed by atoms with Crippen molar-refractivity contribution >= 4 is 43.6 Å². The Kier molecular flexibility index (Phi) is 7.60. The van der Waals surface area contributed by atoms with E-state index in [1.807, 2.05) is 114 Å². The van der Waals surface area contributed by atoms with Gasteiger partial charge in [-0.15, -0.1) is 0 Å². The molecule has 0 aliphatic heterocycles. The van der Waals surface area contributed by atoms with Crippen molar-refractivity contribution in [1.82, 2.24) is 24.1 Å². The molecule has 11 rings (SSSR count). The molecule has 0 atom stereocenters. The van der Waals surface area contributed by atoms with Crippen LogP contribution < -0.4 is 0 Å². The lowest BCUT2D eigenvalue weighted by Crippen LogP contribution is -2.01. The molecule has 0 radical (unpaired) electrons. The third kappa shape index (κ3) is 5.49. The van der Waals surface area contributed by atoms with Crippen LogP contribution in [0.25, 0.3) is 100 Å². The number of fused-ring (bicyclic) bond motifs is 6. The normalized spacial score (nSPS) is 11.6. The largest absolute Gasteiger partial charge is 0.309 e. The molecule has 5 nitrogen and oxygen atoms in total. The van der Waals surface area contributed by atoms with E-state index >= 15 is 4.39 Å². The molecular formula is C51H32FN5. The lowest BCUT2D eigenvalue weighted by molar-refractivity contribution is 0.621. The van der Waals surface area contributed by atoms with Gasteiger partial charge in [0.1, 0.15) is 5.82 Å². The zero-order valence-electron chi connectivity index (χ0n) is 30.6. The smallest absolute Gasteiger partial charge is 0.164 e. The van der Waals surface area contributed by atoms with Crippen LogP contribution in [0.4, 0.5) is 4.39 Å². The van der Waals surface area contributed by atoms with Gasteiger partial charge in [0.05, 0.1) is 27.8 Å². The molecule has 6 heteroatoms. The molecule has 0 aliphatic rings. The fourth-order valence-electron chi connectivity index (χ4n) is 8.20. The minimum atomic E-state index is -0.291. The molecule has 0 spiro atoms. The summed E-state index contributed by atoms with van der Waals surface area (Å²) in [5, 5.41) is 4.61. The van der Waals surface area contributed by atoms with E-state index in [1.54, 1.807) is 6.07 Å². The van der Waals surface area contributed by atoms with Crippen molar-refractivity contribution in [2.45, 2.75) is 0 Å². The van der Waals surface area contributed by atoms with Gasteiger partial charge >= 0.3 is 0 Å². The van der Waals surface area contributed by atoms with E-state index in [1.165, 1.54) is 10.8 Å². The lowest BCUT2D eigenvalue weighted by atomic mass is 10.0. The summed E-state index contributed by atoms with van der Waals surface area (Å²) in [6.07, 6.45) is 0. The maximum absolute atomic E-state index is 16.1. The topological polar surface area (TPSA) is 48.5 Å². The summed E-state index contributed by atoms with van der Waals surface area (Å²) in [5.74, 6) is 1.43. The van der Waals surface area contributed by atoms with Gasteiger partial charge in [-0.05, 0) is 59.7 Å². The highest BCUT2D eigenvalue weighted by Gasteiger charge is 2.18. The Balaban J connectivity index is 0.978. The Hall–Kier alpha value is -7.70. The average molecular weight is 734 g/mol. The molecule has 11 aromatic rings. The molecule has 0 N–H and O–H groups in total. The van der Waals surface area contributed by atoms with E-state index in [0.717, 1.165) is 66.3 Å². The van der Waals surface area contributed by atoms with Crippen LogP contribution in [0.2, 0.25) is 0 Å². The summed E-state index contributed by atoms with van der Waals surface area (Å²) < 4.78 is 20.4. The number of hydrogen-bond acceptors (Lipinski definition) is 3. The van der Waals surface area contributed by atoms with Crippen LogP contribution in [-0.2, 0) is 0 Å². The molecule has 0 saturated carbocycles. The van der Waals surface area contributed by atoms with Gasteiger partial charge in [-0.2, -0.15) is 0 Å². The second-order valence-corrected chi connectivity index (χ2v) is 14.2. The Morgan fingerprint density at radius 3 is 1.28 bits per heavy atom. The molecular weight excluding hydrogens is 702 g/mol. The van der Waals surface area contributed by atoms with E-state index in [4.69, 9.17) is 15.0 Å². The zero-order chi connectivity index (χ0) is 37.9. The van der Waals surface area contributed by atoms with Gasteiger partial charge in [0, 0.05) is 43.9 Å². The second-order valence-electron chi connectivity index (χ2n) is 14.2. The number of halogens is 1. The van der Waals surface area contributed by atoms with Gasteiger partial charge in [-0.1, -0.05) is 146 Å². The summed E-state index contributed by atoms with van der Waals surface area (Å²) in [4.78, 5) is 15.0. The van der Waals surface area contributed by atoms with Gasteiger partial charge in [0.15, 0.2) is 17.5 Å². The molecule has 3 heterocycles. The number of para-hydroxylation sites is 4. The van der Waals surface area contributed by atoms with Crippen molar-refractivity contribution in [3.63, 3.8) is 0 Å². The molecule has 3 aromatic heterocycles. The van der Waals surface area contributed by atoms with Gasteiger partial charge in [-0.3, -0.25) is 0 Å². The molecule has 0 unspecified atom stereocenters. The van der Waals surface area contributed by atoms with Crippen molar-refractivity contribution in [3.8, 4) is 56.7 Å². The van der Waals surface area contributed by atoms with Crippen LogP contribution in [0, 0.1) is 5.82 Å². The molecule has 57 heavy (non-hydrogen) atoms. The SMILES string of the molecule is Fc1cc(-c2ccc(-c3nc(-c4ccccc4)nc(-c4cccc(-n5c6ccccc6c6ccccc65)c4)n3)cc2)ccc1-n1c2ccccc2c2ccccc21. The number of aromatic nitrogens is 5. The highest BCUT2D eigenvalue weighted by Crippen LogP contribution is 2.36. The molecule has 0 fully saturated rings. The summed E-state index contributed by atoms with van der Waals surface area (Å²) in [6, 6.07) is 65.1. The van der Waals surface area contributed by atoms with Crippen molar-refractivity contribution in [1.29, 1.82) is 0 Å². The monoisotopic (exact) mass is 733 g/mol. The Morgan fingerprint density at radius 2 is 0.737 bits per heavy atom.